The number of methoxy groups -OCH3 is 1. The van der Waals surface area contributed by atoms with Crippen molar-refractivity contribution in [2.45, 2.75) is 18.6 Å². The Bertz CT molecular complexity index is 160. The standard InChI is InChI=1S/C7H13NO3/c1-8-4-5(9)3-6(8)7(10)11-2/h5-6,9H,3-4H2,1-2H3/t5-,6?/m1/s1. The van der Waals surface area contributed by atoms with Gasteiger partial charge in [0.05, 0.1) is 13.2 Å². The molecule has 0 spiro atoms. The van der Waals surface area contributed by atoms with Crippen molar-refractivity contribution in [1.82, 2.24) is 4.90 Å². The molecule has 1 N–H and O–H groups in total. The number of likely N-dealkylation sites (N-methyl/N-ethyl adjacent to an activating group) is 1. The highest BCUT2D eigenvalue weighted by Crippen LogP contribution is 2.16. The van der Waals surface area contributed by atoms with E-state index in [1.54, 1.807) is 11.9 Å². The van der Waals surface area contributed by atoms with Crippen molar-refractivity contribution in [1.29, 1.82) is 0 Å². The molecule has 0 aromatic heterocycles. The van der Waals surface area contributed by atoms with Gasteiger partial charge in [0.2, 0.25) is 0 Å². The van der Waals surface area contributed by atoms with E-state index in [1.165, 1.54) is 7.11 Å². The Hall–Kier alpha value is -0.610. The largest absolute Gasteiger partial charge is 0.468 e. The molecule has 1 heterocycles. The Morgan fingerprint density at radius 1 is 1.73 bits per heavy atom. The van der Waals surface area contributed by atoms with Crippen LogP contribution in [-0.2, 0) is 9.53 Å². The summed E-state index contributed by atoms with van der Waals surface area (Å²) in [5.41, 5.74) is 0. The van der Waals surface area contributed by atoms with Crippen molar-refractivity contribution in [3.05, 3.63) is 0 Å². The van der Waals surface area contributed by atoms with E-state index in [1.807, 2.05) is 0 Å². The van der Waals surface area contributed by atoms with Crippen molar-refractivity contribution in [2.24, 2.45) is 0 Å². The highest BCUT2D eigenvalue weighted by molar-refractivity contribution is 5.76. The molecule has 0 aliphatic carbocycles. The van der Waals surface area contributed by atoms with E-state index in [0.29, 0.717) is 13.0 Å². The second kappa shape index (κ2) is 3.19. The second-order valence-corrected chi connectivity index (χ2v) is 2.87. The molecule has 1 aliphatic heterocycles. The molecule has 1 unspecified atom stereocenters. The molecular formula is C7H13NO3. The molecule has 1 saturated heterocycles. The summed E-state index contributed by atoms with van der Waals surface area (Å²) in [5.74, 6) is -0.260. The summed E-state index contributed by atoms with van der Waals surface area (Å²) >= 11 is 0. The first-order valence-electron chi connectivity index (χ1n) is 3.61. The zero-order chi connectivity index (χ0) is 8.43. The molecule has 1 rings (SSSR count). The Kier molecular flexibility index (Phi) is 2.46. The van der Waals surface area contributed by atoms with Gasteiger partial charge < -0.3 is 9.84 Å². The van der Waals surface area contributed by atoms with Crippen LogP contribution in [0.4, 0.5) is 0 Å². The highest BCUT2D eigenvalue weighted by Gasteiger charge is 2.33. The van der Waals surface area contributed by atoms with Crippen LogP contribution < -0.4 is 0 Å². The van der Waals surface area contributed by atoms with Gasteiger partial charge in [-0.25, -0.2) is 0 Å². The lowest BCUT2D eigenvalue weighted by atomic mass is 10.2. The Balaban J connectivity index is 2.52. The molecule has 0 amide bonds. The van der Waals surface area contributed by atoms with Gasteiger partial charge in [0.15, 0.2) is 0 Å². The smallest absolute Gasteiger partial charge is 0.323 e. The Morgan fingerprint density at radius 2 is 2.36 bits per heavy atom. The van der Waals surface area contributed by atoms with Crippen LogP contribution in [0, 0.1) is 0 Å². The van der Waals surface area contributed by atoms with Gasteiger partial charge in [-0.15, -0.1) is 0 Å². The lowest BCUT2D eigenvalue weighted by molar-refractivity contribution is -0.145. The molecule has 1 aliphatic rings. The first kappa shape index (κ1) is 8.49. The number of carbonyl (C=O) groups is 1. The topological polar surface area (TPSA) is 49.8 Å². The summed E-state index contributed by atoms with van der Waals surface area (Å²) in [6, 6.07) is -0.255. The maximum Gasteiger partial charge on any atom is 0.323 e. The third-order valence-electron chi connectivity index (χ3n) is 2.00. The average molecular weight is 159 g/mol. The predicted octanol–water partition coefficient (Wildman–Crippen LogP) is -0.776. The average Bonchev–Trinajstić information content (AvgIpc) is 2.28. The summed E-state index contributed by atoms with van der Waals surface area (Å²) in [6.07, 6.45) is 0.104. The van der Waals surface area contributed by atoms with E-state index in [4.69, 9.17) is 5.11 Å². The lowest BCUT2D eigenvalue weighted by Gasteiger charge is -2.15. The van der Waals surface area contributed by atoms with Gasteiger partial charge in [-0.1, -0.05) is 0 Å². The zero-order valence-corrected chi connectivity index (χ0v) is 6.78. The number of hydrogen-bond donors (Lipinski definition) is 1. The van der Waals surface area contributed by atoms with Gasteiger partial charge in [0, 0.05) is 13.0 Å². The molecule has 64 valence electrons. The summed E-state index contributed by atoms with van der Waals surface area (Å²) < 4.78 is 4.56. The molecular weight excluding hydrogens is 146 g/mol. The monoisotopic (exact) mass is 159 g/mol. The zero-order valence-electron chi connectivity index (χ0n) is 6.78. The third-order valence-corrected chi connectivity index (χ3v) is 2.00. The number of β-amino-alcohol motifs (C(OH)–C–C–N with tert-alkyl or cyclic N) is 1. The molecule has 0 aromatic carbocycles. The van der Waals surface area contributed by atoms with Crippen LogP contribution in [0.15, 0.2) is 0 Å². The van der Waals surface area contributed by atoms with Gasteiger partial charge in [-0.2, -0.15) is 0 Å². The summed E-state index contributed by atoms with van der Waals surface area (Å²) in [4.78, 5) is 12.8. The molecule has 0 radical (unpaired) electrons. The Labute approximate surface area is 65.8 Å². The van der Waals surface area contributed by atoms with Crippen molar-refractivity contribution in [3.63, 3.8) is 0 Å². The quantitative estimate of drug-likeness (QED) is 0.510. The van der Waals surface area contributed by atoms with E-state index in [0.717, 1.165) is 0 Å². The summed E-state index contributed by atoms with van der Waals surface area (Å²) in [5, 5.41) is 9.16. The van der Waals surface area contributed by atoms with Crippen LogP contribution in [-0.4, -0.2) is 48.8 Å². The van der Waals surface area contributed by atoms with E-state index in [-0.39, 0.29) is 18.1 Å². The van der Waals surface area contributed by atoms with Crippen molar-refractivity contribution in [2.75, 3.05) is 20.7 Å². The number of hydrogen-bond acceptors (Lipinski definition) is 4. The molecule has 0 saturated carbocycles. The van der Waals surface area contributed by atoms with E-state index in [2.05, 4.69) is 4.74 Å². The minimum absolute atomic E-state index is 0.255. The molecule has 4 nitrogen and oxygen atoms in total. The molecule has 1 fully saturated rings. The minimum Gasteiger partial charge on any atom is -0.468 e. The van der Waals surface area contributed by atoms with Crippen LogP contribution >= 0.6 is 0 Å². The fourth-order valence-corrected chi connectivity index (χ4v) is 1.38. The summed E-state index contributed by atoms with van der Waals surface area (Å²) in [6.45, 7) is 0.555. The SMILES string of the molecule is COC(=O)C1C[C@@H](O)CN1C. The van der Waals surface area contributed by atoms with Crippen LogP contribution in [0.1, 0.15) is 6.42 Å². The van der Waals surface area contributed by atoms with Crippen molar-refractivity contribution < 1.29 is 14.6 Å². The van der Waals surface area contributed by atoms with Crippen molar-refractivity contribution in [3.8, 4) is 0 Å². The van der Waals surface area contributed by atoms with Crippen LogP contribution in [0.5, 0.6) is 0 Å². The van der Waals surface area contributed by atoms with E-state index >= 15 is 0 Å². The first-order chi connectivity index (χ1) is 5.15. The Morgan fingerprint density at radius 3 is 2.73 bits per heavy atom. The third kappa shape index (κ3) is 1.70. The number of likely N-dealkylation sites (tertiary alicyclic amines) is 1. The number of ether oxygens (including phenoxy) is 1. The molecule has 2 atom stereocenters. The van der Waals surface area contributed by atoms with Gasteiger partial charge >= 0.3 is 5.97 Å². The van der Waals surface area contributed by atoms with Gasteiger partial charge in [0.1, 0.15) is 6.04 Å². The normalized spacial score (nSPS) is 32.3. The second-order valence-electron chi connectivity index (χ2n) is 2.87. The molecule has 11 heavy (non-hydrogen) atoms. The van der Waals surface area contributed by atoms with E-state index < -0.39 is 0 Å². The van der Waals surface area contributed by atoms with Crippen LogP contribution in [0.3, 0.4) is 0 Å². The maximum atomic E-state index is 11.0. The number of rotatable bonds is 1. The number of carbonyl (C=O) groups excluding carboxylic acids is 1. The minimum atomic E-state index is -0.385. The number of nitrogens with zero attached hydrogens (tertiary/aromatic N) is 1. The predicted molar refractivity (Wildman–Crippen MR) is 39.1 cm³/mol. The molecule has 0 aromatic rings. The van der Waals surface area contributed by atoms with Gasteiger partial charge in [0.25, 0.3) is 0 Å². The van der Waals surface area contributed by atoms with Gasteiger partial charge in [-0.05, 0) is 7.05 Å². The number of aliphatic hydroxyl groups excluding tert-OH is 1. The fourth-order valence-electron chi connectivity index (χ4n) is 1.38. The highest BCUT2D eigenvalue weighted by atomic mass is 16.5. The number of esters is 1. The van der Waals surface area contributed by atoms with Crippen molar-refractivity contribution >= 4 is 5.97 Å². The summed E-state index contributed by atoms with van der Waals surface area (Å²) in [7, 11) is 3.17. The first-order valence-corrected chi connectivity index (χ1v) is 3.61. The van der Waals surface area contributed by atoms with Gasteiger partial charge in [-0.3, -0.25) is 9.69 Å². The molecule has 4 heteroatoms. The maximum absolute atomic E-state index is 11.0. The molecule has 0 bridgehead atoms. The lowest BCUT2D eigenvalue weighted by Crippen LogP contribution is -2.33. The van der Waals surface area contributed by atoms with Crippen LogP contribution in [0.25, 0.3) is 0 Å². The van der Waals surface area contributed by atoms with Crippen LogP contribution in [0.2, 0.25) is 0 Å². The number of aliphatic hydroxyl groups is 1. The fraction of sp³-hybridized carbons (Fsp3) is 0.857. The van der Waals surface area contributed by atoms with E-state index in [9.17, 15) is 4.79 Å².